The molecule has 1 N–H and O–H groups in total. The summed E-state index contributed by atoms with van der Waals surface area (Å²) >= 11 is 0. The van der Waals surface area contributed by atoms with E-state index in [9.17, 15) is 9.18 Å². The van der Waals surface area contributed by atoms with Gasteiger partial charge in [-0.1, -0.05) is 0 Å². The summed E-state index contributed by atoms with van der Waals surface area (Å²) in [6.07, 6.45) is 3.46. The van der Waals surface area contributed by atoms with Crippen LogP contribution in [0.3, 0.4) is 0 Å². The number of carbonyl (C=O) groups excluding carboxylic acids is 1. The normalized spacial score (nSPS) is 16.6. The van der Waals surface area contributed by atoms with E-state index in [4.69, 9.17) is 0 Å². The Kier molecular flexibility index (Phi) is 2.30. The van der Waals surface area contributed by atoms with E-state index in [1.807, 2.05) is 0 Å². The van der Waals surface area contributed by atoms with Gasteiger partial charge in [0.25, 0.3) is 0 Å². The average molecular weight is 195 g/mol. The number of anilines is 1. The molecule has 1 aliphatic rings. The lowest BCUT2D eigenvalue weighted by atomic mass is 10.3. The molecule has 4 nitrogen and oxygen atoms in total. The lowest BCUT2D eigenvalue weighted by Gasteiger charge is -2.26. The molecule has 1 saturated heterocycles. The summed E-state index contributed by atoms with van der Waals surface area (Å²) in [6.45, 7) is 1.29. The molecule has 2 rings (SSSR count). The molecule has 1 fully saturated rings. The van der Waals surface area contributed by atoms with Crippen LogP contribution in [0.1, 0.15) is 6.42 Å². The van der Waals surface area contributed by atoms with E-state index in [1.54, 1.807) is 0 Å². The Labute approximate surface area is 80.7 Å². The minimum atomic E-state index is -0.430. The van der Waals surface area contributed by atoms with Crippen molar-refractivity contribution in [1.82, 2.24) is 10.3 Å². The van der Waals surface area contributed by atoms with Crippen molar-refractivity contribution in [3.05, 3.63) is 24.3 Å². The summed E-state index contributed by atoms with van der Waals surface area (Å²) in [5.74, 6) is -0.430. The van der Waals surface area contributed by atoms with Crippen molar-refractivity contribution in [2.75, 3.05) is 18.0 Å². The van der Waals surface area contributed by atoms with Crippen molar-refractivity contribution in [1.29, 1.82) is 0 Å². The second-order valence-corrected chi connectivity index (χ2v) is 3.10. The van der Waals surface area contributed by atoms with Crippen LogP contribution in [-0.2, 0) is 0 Å². The minimum Gasteiger partial charge on any atom is -0.338 e. The number of hydrogen-bond acceptors (Lipinski definition) is 2. The van der Waals surface area contributed by atoms with Gasteiger partial charge < -0.3 is 5.32 Å². The molecular formula is C9H10FN3O. The van der Waals surface area contributed by atoms with E-state index in [0.29, 0.717) is 18.8 Å². The largest absolute Gasteiger partial charge is 0.338 e. The van der Waals surface area contributed by atoms with Crippen LogP contribution >= 0.6 is 0 Å². The predicted molar refractivity (Wildman–Crippen MR) is 49.6 cm³/mol. The maximum absolute atomic E-state index is 12.8. The van der Waals surface area contributed by atoms with E-state index in [0.717, 1.165) is 12.6 Å². The molecule has 2 amide bonds. The summed E-state index contributed by atoms with van der Waals surface area (Å²) < 4.78 is 12.8. The third-order valence-electron chi connectivity index (χ3n) is 2.08. The molecule has 14 heavy (non-hydrogen) atoms. The zero-order valence-electron chi connectivity index (χ0n) is 7.53. The van der Waals surface area contributed by atoms with Crippen LogP contribution in [0.5, 0.6) is 0 Å². The number of rotatable bonds is 1. The van der Waals surface area contributed by atoms with Gasteiger partial charge in [0.2, 0.25) is 0 Å². The van der Waals surface area contributed by atoms with Crippen molar-refractivity contribution in [3.63, 3.8) is 0 Å². The van der Waals surface area contributed by atoms with Gasteiger partial charge in [0.1, 0.15) is 5.82 Å². The maximum atomic E-state index is 12.8. The van der Waals surface area contributed by atoms with Gasteiger partial charge in [0.05, 0.1) is 18.1 Å². The van der Waals surface area contributed by atoms with Crippen molar-refractivity contribution < 1.29 is 9.18 Å². The molecule has 0 bridgehead atoms. The summed E-state index contributed by atoms with van der Waals surface area (Å²) in [5, 5.41) is 2.69. The van der Waals surface area contributed by atoms with Gasteiger partial charge in [0, 0.05) is 19.2 Å². The van der Waals surface area contributed by atoms with Crippen molar-refractivity contribution in [3.8, 4) is 0 Å². The molecule has 1 aromatic rings. The van der Waals surface area contributed by atoms with Gasteiger partial charge in [-0.05, 0) is 6.42 Å². The molecule has 0 aliphatic carbocycles. The molecule has 2 heterocycles. The second kappa shape index (κ2) is 3.61. The molecule has 0 spiro atoms. The monoisotopic (exact) mass is 195 g/mol. The Morgan fingerprint density at radius 1 is 1.50 bits per heavy atom. The Morgan fingerprint density at radius 2 is 2.36 bits per heavy atom. The number of pyridine rings is 1. The molecule has 1 aliphatic heterocycles. The van der Waals surface area contributed by atoms with E-state index in [1.165, 1.54) is 17.2 Å². The Hall–Kier alpha value is -1.65. The van der Waals surface area contributed by atoms with E-state index < -0.39 is 5.82 Å². The highest BCUT2D eigenvalue weighted by Crippen LogP contribution is 2.15. The number of hydrogen-bond donors (Lipinski definition) is 1. The standard InChI is InChI=1S/C9H10FN3O/c10-7-4-8(6-11-5-7)13-3-1-2-12-9(13)14/h4-6H,1-3H2,(H,12,14). The van der Waals surface area contributed by atoms with E-state index in [2.05, 4.69) is 10.3 Å². The van der Waals surface area contributed by atoms with Gasteiger partial charge in [-0.2, -0.15) is 0 Å². The summed E-state index contributed by atoms with van der Waals surface area (Å²) in [5.41, 5.74) is 0.502. The van der Waals surface area contributed by atoms with Crippen molar-refractivity contribution >= 4 is 11.7 Å². The van der Waals surface area contributed by atoms with Gasteiger partial charge in [-0.15, -0.1) is 0 Å². The topological polar surface area (TPSA) is 45.2 Å². The minimum absolute atomic E-state index is 0.191. The Morgan fingerprint density at radius 3 is 3.07 bits per heavy atom. The molecule has 0 atom stereocenters. The zero-order valence-corrected chi connectivity index (χ0v) is 7.53. The zero-order chi connectivity index (χ0) is 9.97. The first-order valence-electron chi connectivity index (χ1n) is 4.43. The van der Waals surface area contributed by atoms with Crippen LogP contribution in [0.15, 0.2) is 18.5 Å². The highest BCUT2D eigenvalue weighted by Gasteiger charge is 2.19. The highest BCUT2D eigenvalue weighted by molar-refractivity contribution is 5.92. The van der Waals surface area contributed by atoms with E-state index in [-0.39, 0.29) is 6.03 Å². The van der Waals surface area contributed by atoms with Gasteiger partial charge in [-0.3, -0.25) is 9.88 Å². The van der Waals surface area contributed by atoms with Crippen LogP contribution in [0.2, 0.25) is 0 Å². The molecule has 74 valence electrons. The second-order valence-electron chi connectivity index (χ2n) is 3.10. The van der Waals surface area contributed by atoms with Crippen molar-refractivity contribution in [2.45, 2.75) is 6.42 Å². The molecule has 0 unspecified atom stereocenters. The first-order valence-corrected chi connectivity index (χ1v) is 4.43. The first-order chi connectivity index (χ1) is 6.77. The van der Waals surface area contributed by atoms with E-state index >= 15 is 0 Å². The van der Waals surface area contributed by atoms with Crippen LogP contribution < -0.4 is 10.2 Å². The average Bonchev–Trinajstić information content (AvgIpc) is 2.18. The third kappa shape index (κ3) is 1.66. The lowest BCUT2D eigenvalue weighted by molar-refractivity contribution is 0.243. The van der Waals surface area contributed by atoms with Gasteiger partial charge >= 0.3 is 6.03 Å². The van der Waals surface area contributed by atoms with Crippen molar-refractivity contribution in [2.24, 2.45) is 0 Å². The molecule has 0 saturated carbocycles. The number of halogens is 1. The molecule has 0 radical (unpaired) electrons. The number of carbonyl (C=O) groups is 1. The molecule has 0 aromatic carbocycles. The van der Waals surface area contributed by atoms with Crippen LogP contribution in [0.4, 0.5) is 14.9 Å². The summed E-state index contributed by atoms with van der Waals surface area (Å²) in [6, 6.07) is 1.11. The van der Waals surface area contributed by atoms with Crippen LogP contribution in [0.25, 0.3) is 0 Å². The molecule has 5 heteroatoms. The predicted octanol–water partition coefficient (Wildman–Crippen LogP) is 1.14. The number of nitrogens with one attached hydrogen (secondary N) is 1. The smallest absolute Gasteiger partial charge is 0.321 e. The first kappa shape index (κ1) is 8.93. The van der Waals surface area contributed by atoms with Gasteiger partial charge in [-0.25, -0.2) is 9.18 Å². The van der Waals surface area contributed by atoms with Gasteiger partial charge in [0.15, 0.2) is 0 Å². The third-order valence-corrected chi connectivity index (χ3v) is 2.08. The number of aromatic nitrogens is 1. The quantitative estimate of drug-likeness (QED) is 0.730. The Balaban J connectivity index is 2.24. The molecule has 1 aromatic heterocycles. The lowest BCUT2D eigenvalue weighted by Crippen LogP contribution is -2.46. The molecular weight excluding hydrogens is 185 g/mol. The Bertz CT molecular complexity index is 356. The summed E-state index contributed by atoms with van der Waals surface area (Å²) in [7, 11) is 0. The number of nitrogens with zero attached hydrogens (tertiary/aromatic N) is 2. The number of amides is 2. The fourth-order valence-corrected chi connectivity index (χ4v) is 1.42. The SMILES string of the molecule is O=C1NCCCN1c1cncc(F)c1. The maximum Gasteiger partial charge on any atom is 0.321 e. The fraction of sp³-hybridized carbons (Fsp3) is 0.333. The van der Waals surface area contributed by atoms with Crippen LogP contribution in [0, 0.1) is 5.82 Å². The number of urea groups is 1. The highest BCUT2D eigenvalue weighted by atomic mass is 19.1. The van der Waals surface area contributed by atoms with Crippen LogP contribution in [-0.4, -0.2) is 24.1 Å². The summed E-state index contributed by atoms with van der Waals surface area (Å²) in [4.78, 5) is 16.6. The fourth-order valence-electron chi connectivity index (χ4n) is 1.42.